The topological polar surface area (TPSA) is 92.9 Å². The fourth-order valence-electron chi connectivity index (χ4n) is 2.18. The van der Waals surface area contributed by atoms with Crippen LogP contribution in [-0.2, 0) is 9.53 Å². The first-order valence-corrected chi connectivity index (χ1v) is 6.18. The van der Waals surface area contributed by atoms with Crippen molar-refractivity contribution in [2.45, 2.75) is 45.3 Å². The van der Waals surface area contributed by atoms with Crippen molar-refractivity contribution in [2.75, 3.05) is 13.1 Å². The number of rotatable bonds is 3. The van der Waals surface area contributed by atoms with Gasteiger partial charge in [0.15, 0.2) is 0 Å². The van der Waals surface area contributed by atoms with Gasteiger partial charge in [0.25, 0.3) is 0 Å². The van der Waals surface area contributed by atoms with Gasteiger partial charge in [0, 0.05) is 19.1 Å². The minimum atomic E-state index is -0.960. The van der Waals surface area contributed by atoms with Crippen molar-refractivity contribution in [1.29, 1.82) is 0 Å². The summed E-state index contributed by atoms with van der Waals surface area (Å²) in [6.45, 7) is 5.91. The number of hydrogen-bond donors (Lipinski definition) is 2. The predicted octanol–water partition coefficient (Wildman–Crippen LogP) is 1.05. The van der Waals surface area contributed by atoms with Gasteiger partial charge in [0.2, 0.25) is 0 Å². The fraction of sp³-hybridized carbons (Fsp3) is 0.833. The van der Waals surface area contributed by atoms with Crippen LogP contribution in [0.1, 0.15) is 33.6 Å². The second-order valence-corrected chi connectivity index (χ2v) is 5.56. The summed E-state index contributed by atoms with van der Waals surface area (Å²) >= 11 is 0. The minimum Gasteiger partial charge on any atom is -0.481 e. The molecule has 1 amide bonds. The zero-order valence-electron chi connectivity index (χ0n) is 11.2. The van der Waals surface area contributed by atoms with Gasteiger partial charge in [-0.05, 0) is 33.6 Å². The molecule has 6 heteroatoms. The zero-order chi connectivity index (χ0) is 13.9. The monoisotopic (exact) mass is 258 g/mol. The van der Waals surface area contributed by atoms with E-state index in [2.05, 4.69) is 0 Å². The van der Waals surface area contributed by atoms with Crippen LogP contribution in [0.3, 0.4) is 0 Å². The predicted molar refractivity (Wildman–Crippen MR) is 66.1 cm³/mol. The highest BCUT2D eigenvalue weighted by molar-refractivity contribution is 5.74. The normalized spacial score (nSPS) is 21.8. The summed E-state index contributed by atoms with van der Waals surface area (Å²) in [7, 11) is 0. The number of likely N-dealkylation sites (tertiary alicyclic amines) is 1. The lowest BCUT2D eigenvalue weighted by atomic mass is 9.98. The van der Waals surface area contributed by atoms with Crippen LogP contribution in [0, 0.1) is 5.92 Å². The molecule has 104 valence electrons. The van der Waals surface area contributed by atoms with Crippen molar-refractivity contribution in [3.8, 4) is 0 Å². The Morgan fingerprint density at radius 2 is 2.11 bits per heavy atom. The SMILES string of the molecule is CC(C)(C)OC(=O)N1CCCC1C(CN)C(=O)O. The largest absolute Gasteiger partial charge is 0.481 e. The van der Waals surface area contributed by atoms with E-state index in [1.165, 1.54) is 4.90 Å². The van der Waals surface area contributed by atoms with Crippen LogP contribution >= 0.6 is 0 Å². The molecule has 0 aromatic rings. The van der Waals surface area contributed by atoms with Crippen molar-refractivity contribution in [3.05, 3.63) is 0 Å². The maximum absolute atomic E-state index is 12.0. The van der Waals surface area contributed by atoms with Crippen molar-refractivity contribution in [1.82, 2.24) is 4.90 Å². The van der Waals surface area contributed by atoms with Gasteiger partial charge in [0.05, 0.1) is 5.92 Å². The van der Waals surface area contributed by atoms with Crippen molar-refractivity contribution in [2.24, 2.45) is 11.7 Å². The molecule has 3 N–H and O–H groups in total. The number of nitrogens with two attached hydrogens (primary N) is 1. The number of carboxylic acid groups (broad SMARTS) is 1. The molecule has 1 aliphatic heterocycles. The maximum Gasteiger partial charge on any atom is 0.410 e. The summed E-state index contributed by atoms with van der Waals surface area (Å²) in [6, 6.07) is -0.359. The van der Waals surface area contributed by atoms with Gasteiger partial charge in [0.1, 0.15) is 5.60 Å². The standard InChI is InChI=1S/C12H22N2O4/c1-12(2,3)18-11(17)14-6-4-5-9(14)8(7-13)10(15)16/h8-9H,4-7,13H2,1-3H3,(H,15,16). The quantitative estimate of drug-likeness (QED) is 0.789. The molecule has 1 heterocycles. The molecule has 1 saturated heterocycles. The highest BCUT2D eigenvalue weighted by Crippen LogP contribution is 2.26. The first-order chi connectivity index (χ1) is 8.26. The van der Waals surface area contributed by atoms with E-state index in [0.29, 0.717) is 13.0 Å². The van der Waals surface area contributed by atoms with E-state index in [0.717, 1.165) is 6.42 Å². The molecule has 2 atom stereocenters. The summed E-state index contributed by atoms with van der Waals surface area (Å²) < 4.78 is 5.28. The van der Waals surface area contributed by atoms with Crippen LogP contribution in [0.2, 0.25) is 0 Å². The van der Waals surface area contributed by atoms with Crippen LogP contribution in [0.5, 0.6) is 0 Å². The molecule has 0 aromatic carbocycles. The molecule has 0 bridgehead atoms. The van der Waals surface area contributed by atoms with Gasteiger partial charge in [-0.1, -0.05) is 0 Å². The first-order valence-electron chi connectivity index (χ1n) is 6.18. The summed E-state index contributed by atoms with van der Waals surface area (Å²) in [6.07, 6.45) is 0.992. The third kappa shape index (κ3) is 3.60. The molecule has 2 unspecified atom stereocenters. The molecular weight excluding hydrogens is 236 g/mol. The van der Waals surface area contributed by atoms with Crippen LogP contribution in [0.4, 0.5) is 4.79 Å². The van der Waals surface area contributed by atoms with Crippen molar-refractivity contribution in [3.63, 3.8) is 0 Å². The molecule has 0 aliphatic carbocycles. The average Bonchev–Trinajstić information content (AvgIpc) is 2.64. The Kier molecular flexibility index (Phi) is 4.56. The third-order valence-electron chi connectivity index (χ3n) is 2.96. The van der Waals surface area contributed by atoms with Gasteiger partial charge in [-0.3, -0.25) is 4.79 Å². The lowest BCUT2D eigenvalue weighted by Crippen LogP contribution is -2.47. The van der Waals surface area contributed by atoms with E-state index in [9.17, 15) is 9.59 Å². The fourth-order valence-corrected chi connectivity index (χ4v) is 2.18. The second kappa shape index (κ2) is 5.56. The highest BCUT2D eigenvalue weighted by atomic mass is 16.6. The Bertz CT molecular complexity index is 325. The number of carboxylic acids is 1. The van der Waals surface area contributed by atoms with Crippen LogP contribution in [-0.4, -0.2) is 46.8 Å². The minimum absolute atomic E-state index is 0.0271. The zero-order valence-corrected chi connectivity index (χ0v) is 11.2. The van der Waals surface area contributed by atoms with E-state index < -0.39 is 23.6 Å². The van der Waals surface area contributed by atoms with Gasteiger partial charge in [-0.2, -0.15) is 0 Å². The molecule has 0 spiro atoms. The average molecular weight is 258 g/mol. The van der Waals surface area contributed by atoms with Gasteiger partial charge >= 0.3 is 12.1 Å². The van der Waals surface area contributed by atoms with E-state index in [1.807, 2.05) is 0 Å². The van der Waals surface area contributed by atoms with Crippen molar-refractivity contribution >= 4 is 12.1 Å². The molecule has 18 heavy (non-hydrogen) atoms. The molecule has 1 aliphatic rings. The van der Waals surface area contributed by atoms with Crippen LogP contribution in [0.25, 0.3) is 0 Å². The lowest BCUT2D eigenvalue weighted by molar-refractivity contribution is -0.143. The van der Waals surface area contributed by atoms with Gasteiger partial charge < -0.3 is 20.5 Å². The van der Waals surface area contributed by atoms with Crippen LogP contribution in [0.15, 0.2) is 0 Å². The molecule has 1 fully saturated rings. The van der Waals surface area contributed by atoms with E-state index >= 15 is 0 Å². The second-order valence-electron chi connectivity index (χ2n) is 5.56. The Labute approximate surface area is 107 Å². The molecule has 0 saturated carbocycles. The van der Waals surface area contributed by atoms with Crippen LogP contribution < -0.4 is 5.73 Å². The van der Waals surface area contributed by atoms with Gasteiger partial charge in [-0.25, -0.2) is 4.79 Å². The number of aliphatic carboxylic acids is 1. The summed E-state index contributed by atoms with van der Waals surface area (Å²) in [5.41, 5.74) is 4.91. The third-order valence-corrected chi connectivity index (χ3v) is 2.96. The lowest BCUT2D eigenvalue weighted by Gasteiger charge is -2.31. The molecule has 0 aromatic heterocycles. The number of nitrogens with zero attached hydrogens (tertiary/aromatic N) is 1. The Morgan fingerprint density at radius 3 is 2.56 bits per heavy atom. The first kappa shape index (κ1) is 14.8. The molecule has 1 rings (SSSR count). The Balaban J connectivity index is 2.75. The molecule has 6 nitrogen and oxygen atoms in total. The maximum atomic E-state index is 12.0. The number of carbonyl (C=O) groups is 2. The number of amides is 1. The van der Waals surface area contributed by atoms with Crippen molar-refractivity contribution < 1.29 is 19.4 Å². The Hall–Kier alpha value is -1.30. The number of ether oxygens (including phenoxy) is 1. The molecule has 0 radical (unpaired) electrons. The number of hydrogen-bond acceptors (Lipinski definition) is 4. The van der Waals surface area contributed by atoms with E-state index in [1.54, 1.807) is 20.8 Å². The van der Waals surface area contributed by atoms with Gasteiger partial charge in [-0.15, -0.1) is 0 Å². The summed E-state index contributed by atoms with van der Waals surface area (Å²) in [5.74, 6) is -1.68. The summed E-state index contributed by atoms with van der Waals surface area (Å²) in [5, 5.41) is 9.11. The van der Waals surface area contributed by atoms with E-state index in [-0.39, 0.29) is 12.6 Å². The number of carbonyl (C=O) groups excluding carboxylic acids is 1. The molecular formula is C12H22N2O4. The highest BCUT2D eigenvalue weighted by Gasteiger charge is 2.39. The van der Waals surface area contributed by atoms with E-state index in [4.69, 9.17) is 15.6 Å². The smallest absolute Gasteiger partial charge is 0.410 e. The Morgan fingerprint density at radius 1 is 1.50 bits per heavy atom. The summed E-state index contributed by atoms with van der Waals surface area (Å²) in [4.78, 5) is 24.6.